The summed E-state index contributed by atoms with van der Waals surface area (Å²) in [6.45, 7) is 5.93. The molecule has 0 bridgehead atoms. The predicted octanol–water partition coefficient (Wildman–Crippen LogP) is 4.40. The van der Waals surface area contributed by atoms with E-state index in [9.17, 15) is 4.39 Å². The smallest absolute Gasteiger partial charge is 0.134 e. The molecule has 110 valence electrons. The second kappa shape index (κ2) is 5.04. The number of furan rings is 2. The molecule has 0 fully saturated rings. The first kappa shape index (κ1) is 13.9. The molecule has 0 aliphatic heterocycles. The number of aryl methyl sites for hydroxylation is 2. The van der Waals surface area contributed by atoms with E-state index in [0.717, 1.165) is 33.8 Å². The van der Waals surface area contributed by atoms with Crippen molar-refractivity contribution in [2.45, 2.75) is 26.8 Å². The van der Waals surface area contributed by atoms with Crippen molar-refractivity contribution in [2.24, 2.45) is 0 Å². The summed E-state index contributed by atoms with van der Waals surface area (Å²) in [6.07, 6.45) is 0. The Balaban J connectivity index is 2.13. The molecule has 2 heterocycles. The third-order valence-corrected chi connectivity index (χ3v) is 3.98. The maximum atomic E-state index is 13.3. The first-order valence-corrected chi connectivity index (χ1v) is 6.94. The van der Waals surface area contributed by atoms with E-state index in [1.54, 1.807) is 6.07 Å². The van der Waals surface area contributed by atoms with E-state index in [2.05, 4.69) is 5.32 Å². The maximum absolute atomic E-state index is 13.3. The molecule has 0 aliphatic carbocycles. The Morgan fingerprint density at radius 3 is 2.43 bits per heavy atom. The molecule has 0 saturated heterocycles. The molecule has 21 heavy (non-hydrogen) atoms. The van der Waals surface area contributed by atoms with Crippen molar-refractivity contribution in [2.75, 3.05) is 7.05 Å². The Bertz CT molecular complexity index is 801. The second-order valence-corrected chi connectivity index (χ2v) is 5.31. The van der Waals surface area contributed by atoms with Crippen LogP contribution in [-0.2, 0) is 0 Å². The average Bonchev–Trinajstić information content (AvgIpc) is 2.95. The second-order valence-electron chi connectivity index (χ2n) is 5.31. The van der Waals surface area contributed by atoms with E-state index in [0.29, 0.717) is 5.58 Å². The molecule has 3 nitrogen and oxygen atoms in total. The summed E-state index contributed by atoms with van der Waals surface area (Å²) in [5.74, 6) is 2.27. The highest BCUT2D eigenvalue weighted by Gasteiger charge is 2.24. The largest absolute Gasteiger partial charge is 0.466 e. The van der Waals surface area contributed by atoms with Crippen LogP contribution in [0, 0.1) is 26.6 Å². The zero-order valence-electron chi connectivity index (χ0n) is 12.6. The SMILES string of the molecule is CNC(c1cc2cc(F)ccc2o1)c1c(C)oc(C)c1C. The minimum absolute atomic E-state index is 0.113. The van der Waals surface area contributed by atoms with Crippen molar-refractivity contribution >= 4 is 11.0 Å². The minimum atomic E-state index is -0.262. The van der Waals surface area contributed by atoms with Crippen LogP contribution in [0.2, 0.25) is 0 Å². The average molecular weight is 287 g/mol. The quantitative estimate of drug-likeness (QED) is 0.776. The highest BCUT2D eigenvalue weighted by atomic mass is 19.1. The Morgan fingerprint density at radius 2 is 1.81 bits per heavy atom. The Morgan fingerprint density at radius 1 is 1.05 bits per heavy atom. The summed E-state index contributed by atoms with van der Waals surface area (Å²) in [7, 11) is 1.87. The van der Waals surface area contributed by atoms with E-state index in [1.807, 2.05) is 33.9 Å². The first-order chi connectivity index (χ1) is 10.0. The molecule has 0 spiro atoms. The molecule has 0 aliphatic rings. The van der Waals surface area contributed by atoms with Gasteiger partial charge >= 0.3 is 0 Å². The number of fused-ring (bicyclic) bond motifs is 1. The standard InChI is InChI=1S/C17H18FNO2/c1-9-10(2)20-11(3)16(9)17(19-4)15-8-12-7-13(18)5-6-14(12)21-15/h5-8,17,19H,1-4H3. The molecular formula is C17H18FNO2. The number of halogens is 1. The van der Waals surface area contributed by atoms with Gasteiger partial charge in [-0.1, -0.05) is 0 Å². The zero-order chi connectivity index (χ0) is 15.1. The van der Waals surface area contributed by atoms with Gasteiger partial charge in [-0.2, -0.15) is 0 Å². The molecule has 3 rings (SSSR count). The van der Waals surface area contributed by atoms with E-state index < -0.39 is 0 Å². The predicted molar refractivity (Wildman–Crippen MR) is 80.0 cm³/mol. The lowest BCUT2D eigenvalue weighted by Gasteiger charge is -2.14. The van der Waals surface area contributed by atoms with Crippen molar-refractivity contribution in [1.82, 2.24) is 5.32 Å². The van der Waals surface area contributed by atoms with Gasteiger partial charge in [0.25, 0.3) is 0 Å². The summed E-state index contributed by atoms with van der Waals surface area (Å²) in [4.78, 5) is 0. The van der Waals surface area contributed by atoms with Gasteiger partial charge in [-0.15, -0.1) is 0 Å². The van der Waals surface area contributed by atoms with Gasteiger partial charge in [-0.05, 0) is 57.6 Å². The Labute approximate surface area is 122 Å². The summed E-state index contributed by atoms with van der Waals surface area (Å²) in [5.41, 5.74) is 2.87. The Kier molecular flexibility index (Phi) is 3.33. The van der Waals surface area contributed by atoms with Gasteiger partial charge in [0.15, 0.2) is 0 Å². The highest BCUT2D eigenvalue weighted by molar-refractivity contribution is 5.78. The zero-order valence-corrected chi connectivity index (χ0v) is 12.6. The fourth-order valence-electron chi connectivity index (χ4n) is 2.84. The summed E-state index contributed by atoms with van der Waals surface area (Å²) in [5, 5.41) is 4.02. The lowest BCUT2D eigenvalue weighted by atomic mass is 10.00. The fourth-order valence-corrected chi connectivity index (χ4v) is 2.84. The van der Waals surface area contributed by atoms with Gasteiger partial charge in [0.2, 0.25) is 0 Å². The molecular weight excluding hydrogens is 269 g/mol. The molecule has 2 aromatic heterocycles. The lowest BCUT2D eigenvalue weighted by Crippen LogP contribution is -2.18. The van der Waals surface area contributed by atoms with Crippen molar-refractivity contribution in [3.8, 4) is 0 Å². The molecule has 0 radical (unpaired) electrons. The summed E-state index contributed by atoms with van der Waals surface area (Å²) >= 11 is 0. The number of hydrogen-bond donors (Lipinski definition) is 1. The number of benzene rings is 1. The first-order valence-electron chi connectivity index (χ1n) is 6.94. The van der Waals surface area contributed by atoms with Gasteiger partial charge in [0.1, 0.15) is 28.7 Å². The molecule has 1 unspecified atom stereocenters. The maximum Gasteiger partial charge on any atom is 0.134 e. The van der Waals surface area contributed by atoms with Crippen LogP contribution in [0.5, 0.6) is 0 Å². The van der Waals surface area contributed by atoms with Crippen LogP contribution in [-0.4, -0.2) is 7.05 Å². The van der Waals surface area contributed by atoms with Crippen LogP contribution in [0.15, 0.2) is 33.1 Å². The Hall–Kier alpha value is -2.07. The molecule has 1 aromatic carbocycles. The molecule has 3 aromatic rings. The van der Waals surface area contributed by atoms with Gasteiger partial charge in [0.05, 0.1) is 6.04 Å². The number of rotatable bonds is 3. The van der Waals surface area contributed by atoms with Crippen LogP contribution in [0.25, 0.3) is 11.0 Å². The van der Waals surface area contributed by atoms with Gasteiger partial charge < -0.3 is 14.2 Å². The summed E-state index contributed by atoms with van der Waals surface area (Å²) in [6, 6.07) is 6.30. The topological polar surface area (TPSA) is 38.3 Å². The third-order valence-electron chi connectivity index (χ3n) is 3.98. The van der Waals surface area contributed by atoms with Crippen molar-refractivity contribution < 1.29 is 13.2 Å². The van der Waals surface area contributed by atoms with Crippen molar-refractivity contribution in [3.05, 3.63) is 58.5 Å². The van der Waals surface area contributed by atoms with Gasteiger partial charge in [-0.3, -0.25) is 0 Å². The summed E-state index contributed by atoms with van der Waals surface area (Å²) < 4.78 is 24.9. The van der Waals surface area contributed by atoms with E-state index in [1.165, 1.54) is 12.1 Å². The normalized spacial score (nSPS) is 13.0. The van der Waals surface area contributed by atoms with E-state index in [-0.39, 0.29) is 11.9 Å². The lowest BCUT2D eigenvalue weighted by molar-refractivity contribution is 0.471. The van der Waals surface area contributed by atoms with Crippen LogP contribution >= 0.6 is 0 Å². The van der Waals surface area contributed by atoms with Crippen LogP contribution in [0.1, 0.15) is 34.4 Å². The fraction of sp³-hybridized carbons (Fsp3) is 0.294. The molecule has 1 N–H and O–H groups in total. The molecule has 0 amide bonds. The van der Waals surface area contributed by atoms with Crippen molar-refractivity contribution in [3.63, 3.8) is 0 Å². The number of nitrogens with one attached hydrogen (secondary N) is 1. The molecule has 1 atom stereocenters. The van der Waals surface area contributed by atoms with Gasteiger partial charge in [-0.25, -0.2) is 4.39 Å². The third kappa shape index (κ3) is 2.25. The number of hydrogen-bond acceptors (Lipinski definition) is 3. The highest BCUT2D eigenvalue weighted by Crippen LogP contribution is 2.34. The minimum Gasteiger partial charge on any atom is -0.466 e. The molecule has 4 heteroatoms. The molecule has 0 saturated carbocycles. The van der Waals surface area contributed by atoms with E-state index in [4.69, 9.17) is 8.83 Å². The van der Waals surface area contributed by atoms with Crippen LogP contribution < -0.4 is 5.32 Å². The van der Waals surface area contributed by atoms with E-state index >= 15 is 0 Å². The monoisotopic (exact) mass is 287 g/mol. The van der Waals surface area contributed by atoms with Crippen molar-refractivity contribution in [1.29, 1.82) is 0 Å². The van der Waals surface area contributed by atoms with Gasteiger partial charge in [0, 0.05) is 10.9 Å². The van der Waals surface area contributed by atoms with Crippen LogP contribution in [0.3, 0.4) is 0 Å². The van der Waals surface area contributed by atoms with Crippen LogP contribution in [0.4, 0.5) is 4.39 Å².